The molecule has 0 fully saturated rings. The van der Waals surface area contributed by atoms with Crippen molar-refractivity contribution in [1.82, 2.24) is 9.78 Å². The van der Waals surface area contributed by atoms with Gasteiger partial charge in [0.1, 0.15) is 17.3 Å². The second-order valence-electron chi connectivity index (χ2n) is 7.12. The lowest BCUT2D eigenvalue weighted by Gasteiger charge is -2.12. The van der Waals surface area contributed by atoms with Gasteiger partial charge in [0, 0.05) is 11.9 Å². The summed E-state index contributed by atoms with van der Waals surface area (Å²) >= 11 is 5.91. The van der Waals surface area contributed by atoms with Gasteiger partial charge in [-0.2, -0.15) is 9.78 Å². The number of hydrogen-bond donors (Lipinski definition) is 2. The Morgan fingerprint density at radius 3 is 2.39 bits per heavy atom. The van der Waals surface area contributed by atoms with Gasteiger partial charge in [-0.3, -0.25) is 9.59 Å². The van der Waals surface area contributed by atoms with Crippen LogP contribution >= 0.6 is 11.6 Å². The first kappa shape index (κ1) is 22.0. The first-order chi connectivity index (χ1) is 15.8. The fraction of sp³-hybridized carbons (Fsp3) is 0.0417. The molecule has 7 nitrogen and oxygen atoms in total. The number of rotatable bonds is 5. The molecule has 9 heteroatoms. The number of carbonyl (C=O) groups excluding carboxylic acids is 1. The molecule has 0 saturated heterocycles. The third kappa shape index (κ3) is 4.86. The first-order valence-corrected chi connectivity index (χ1v) is 10.2. The molecule has 0 unspecified atom stereocenters. The summed E-state index contributed by atoms with van der Waals surface area (Å²) in [5.41, 5.74) is 7.56. The smallest absolute Gasteiger partial charge is 0.316 e. The summed E-state index contributed by atoms with van der Waals surface area (Å²) in [5, 5.41) is 7.06. The third-order valence-corrected chi connectivity index (χ3v) is 4.97. The Labute approximate surface area is 193 Å². The Morgan fingerprint density at radius 1 is 1.06 bits per heavy atom. The molecule has 4 aromatic rings. The number of amides is 1. The molecule has 166 valence electrons. The van der Waals surface area contributed by atoms with E-state index in [-0.39, 0.29) is 23.0 Å². The molecule has 0 aliphatic heterocycles. The quantitative estimate of drug-likeness (QED) is 0.432. The highest BCUT2D eigenvalue weighted by Crippen LogP contribution is 2.29. The molecule has 0 bridgehead atoms. The van der Waals surface area contributed by atoms with Crippen molar-refractivity contribution in [2.45, 2.75) is 6.92 Å². The van der Waals surface area contributed by atoms with Crippen LogP contribution in [0.25, 0.3) is 16.8 Å². The van der Waals surface area contributed by atoms with Gasteiger partial charge >= 0.3 is 5.56 Å². The average molecular weight is 465 g/mol. The number of nitrogens with two attached hydrogens (primary N) is 1. The van der Waals surface area contributed by atoms with Gasteiger partial charge in [-0.1, -0.05) is 29.8 Å². The number of anilines is 2. The maximum Gasteiger partial charge on any atom is 0.316 e. The van der Waals surface area contributed by atoms with E-state index in [9.17, 15) is 14.0 Å². The summed E-state index contributed by atoms with van der Waals surface area (Å²) in [4.78, 5) is 24.2. The van der Waals surface area contributed by atoms with Crippen molar-refractivity contribution < 1.29 is 13.9 Å². The second kappa shape index (κ2) is 9.13. The van der Waals surface area contributed by atoms with Crippen LogP contribution in [-0.2, 0) is 4.79 Å². The number of benzene rings is 3. The van der Waals surface area contributed by atoms with Gasteiger partial charge in [-0.25, -0.2) is 4.39 Å². The summed E-state index contributed by atoms with van der Waals surface area (Å²) in [7, 11) is 0. The Kier molecular flexibility index (Phi) is 6.10. The van der Waals surface area contributed by atoms with Crippen molar-refractivity contribution in [1.29, 1.82) is 0 Å². The molecule has 0 atom stereocenters. The van der Waals surface area contributed by atoms with Crippen LogP contribution in [0.5, 0.6) is 11.5 Å². The number of nitrogens with zero attached hydrogens (tertiary/aromatic N) is 2. The van der Waals surface area contributed by atoms with Crippen LogP contribution in [0.1, 0.15) is 6.92 Å². The van der Waals surface area contributed by atoms with Crippen molar-refractivity contribution >= 4 is 28.9 Å². The Balaban J connectivity index is 1.61. The number of nitrogens with one attached hydrogen (secondary N) is 1. The molecule has 4 rings (SSSR count). The number of carbonyl (C=O) groups is 1. The zero-order chi connectivity index (χ0) is 23.5. The van der Waals surface area contributed by atoms with Crippen LogP contribution in [0.2, 0.25) is 5.02 Å². The summed E-state index contributed by atoms with van der Waals surface area (Å²) in [5.74, 6) is -0.587. The maximum atomic E-state index is 13.9. The van der Waals surface area contributed by atoms with E-state index in [1.54, 1.807) is 54.6 Å². The molecule has 0 aliphatic rings. The SMILES string of the molecule is CC(=O)Nc1cc(-c2ccc(Oc3c(N)cnn(-c4ccc(Cl)cc4)c3=O)cc2)ccc1F. The molecule has 1 heterocycles. The number of ether oxygens (including phenoxy) is 1. The summed E-state index contributed by atoms with van der Waals surface area (Å²) < 4.78 is 20.8. The zero-order valence-electron chi connectivity index (χ0n) is 17.4. The highest BCUT2D eigenvalue weighted by Gasteiger charge is 2.14. The van der Waals surface area contributed by atoms with Gasteiger partial charge in [0.15, 0.2) is 0 Å². The first-order valence-electron chi connectivity index (χ1n) is 9.81. The summed E-state index contributed by atoms with van der Waals surface area (Å²) in [6.07, 6.45) is 1.34. The van der Waals surface area contributed by atoms with E-state index < -0.39 is 11.4 Å². The molecule has 1 aromatic heterocycles. The second-order valence-corrected chi connectivity index (χ2v) is 7.56. The van der Waals surface area contributed by atoms with Gasteiger partial charge in [0.25, 0.3) is 0 Å². The highest BCUT2D eigenvalue weighted by atomic mass is 35.5. The van der Waals surface area contributed by atoms with E-state index >= 15 is 0 Å². The predicted molar refractivity (Wildman–Crippen MR) is 125 cm³/mol. The Bertz CT molecular complexity index is 1390. The van der Waals surface area contributed by atoms with Crippen molar-refractivity contribution in [3.05, 3.63) is 94.1 Å². The van der Waals surface area contributed by atoms with Crippen LogP contribution in [0.4, 0.5) is 15.8 Å². The van der Waals surface area contributed by atoms with E-state index in [4.69, 9.17) is 22.1 Å². The van der Waals surface area contributed by atoms with Gasteiger partial charge in [0.2, 0.25) is 11.7 Å². The molecule has 3 N–H and O–H groups in total. The van der Waals surface area contributed by atoms with Crippen LogP contribution < -0.4 is 21.3 Å². The summed E-state index contributed by atoms with van der Waals surface area (Å²) in [6.45, 7) is 1.31. The van der Waals surface area contributed by atoms with E-state index in [2.05, 4.69) is 10.4 Å². The molecule has 0 aliphatic carbocycles. The van der Waals surface area contributed by atoms with E-state index in [0.717, 1.165) is 5.56 Å². The Hall–Kier alpha value is -4.17. The zero-order valence-corrected chi connectivity index (χ0v) is 18.1. The maximum absolute atomic E-state index is 13.9. The lowest BCUT2D eigenvalue weighted by molar-refractivity contribution is -0.114. The minimum Gasteiger partial charge on any atom is -0.449 e. The van der Waals surface area contributed by atoms with Crippen molar-refractivity contribution in [2.75, 3.05) is 11.1 Å². The minimum atomic E-state index is -0.529. The van der Waals surface area contributed by atoms with Crippen molar-refractivity contribution in [2.24, 2.45) is 0 Å². The molecule has 0 radical (unpaired) electrons. The number of halogens is 2. The lowest BCUT2D eigenvalue weighted by atomic mass is 10.0. The monoisotopic (exact) mass is 464 g/mol. The van der Waals surface area contributed by atoms with Crippen LogP contribution in [0.3, 0.4) is 0 Å². The molecule has 3 aromatic carbocycles. The largest absolute Gasteiger partial charge is 0.449 e. The van der Waals surface area contributed by atoms with Crippen molar-refractivity contribution in [3.63, 3.8) is 0 Å². The minimum absolute atomic E-state index is 0.0672. The molecule has 0 spiro atoms. The van der Waals surface area contributed by atoms with Crippen LogP contribution in [0, 0.1) is 5.82 Å². The summed E-state index contributed by atoms with van der Waals surface area (Å²) in [6, 6.07) is 17.8. The van der Waals surface area contributed by atoms with E-state index in [0.29, 0.717) is 22.0 Å². The number of hydrogen-bond acceptors (Lipinski definition) is 5. The molecule has 0 saturated carbocycles. The topological polar surface area (TPSA) is 99.2 Å². The van der Waals surface area contributed by atoms with Crippen LogP contribution in [0.15, 0.2) is 77.7 Å². The molecular weight excluding hydrogens is 447 g/mol. The predicted octanol–water partition coefficient (Wildman–Crippen LogP) is 5.02. The normalized spacial score (nSPS) is 10.6. The van der Waals surface area contributed by atoms with Gasteiger partial charge in [0.05, 0.1) is 17.6 Å². The van der Waals surface area contributed by atoms with Crippen LogP contribution in [-0.4, -0.2) is 15.7 Å². The number of nitrogen functional groups attached to an aromatic ring is 1. The third-order valence-electron chi connectivity index (χ3n) is 4.72. The van der Waals surface area contributed by atoms with Gasteiger partial charge in [-0.05, 0) is 59.7 Å². The average Bonchev–Trinajstić information content (AvgIpc) is 2.79. The van der Waals surface area contributed by atoms with Gasteiger partial charge in [-0.15, -0.1) is 0 Å². The van der Waals surface area contributed by atoms with E-state index in [1.165, 1.54) is 29.9 Å². The molecular formula is C24H18ClFN4O3. The fourth-order valence-corrected chi connectivity index (χ4v) is 3.27. The van der Waals surface area contributed by atoms with Gasteiger partial charge < -0.3 is 15.8 Å². The fourth-order valence-electron chi connectivity index (χ4n) is 3.14. The van der Waals surface area contributed by atoms with Crippen molar-refractivity contribution in [3.8, 4) is 28.3 Å². The highest BCUT2D eigenvalue weighted by molar-refractivity contribution is 6.30. The molecule has 33 heavy (non-hydrogen) atoms. The standard InChI is InChI=1S/C24H18ClFN4O3/c1-14(31)29-22-12-16(4-11-20(22)26)15-2-9-19(10-3-15)33-23-21(27)13-28-30(24(23)32)18-7-5-17(25)6-8-18/h2-13H,27H2,1H3,(H,29,31). The Morgan fingerprint density at radius 2 is 1.73 bits per heavy atom. The lowest BCUT2D eigenvalue weighted by Crippen LogP contribution is -2.23. The molecule has 1 amide bonds. The van der Waals surface area contributed by atoms with E-state index in [1.807, 2.05) is 0 Å². The number of aromatic nitrogens is 2.